The highest BCUT2D eigenvalue weighted by Crippen LogP contribution is 2.36. The summed E-state index contributed by atoms with van der Waals surface area (Å²) in [5.41, 5.74) is -0.645. The van der Waals surface area contributed by atoms with Gasteiger partial charge in [0.2, 0.25) is 0 Å². The van der Waals surface area contributed by atoms with E-state index in [1.807, 2.05) is 0 Å². The second-order valence-corrected chi connectivity index (χ2v) is 4.13. The van der Waals surface area contributed by atoms with Crippen LogP contribution in [-0.4, -0.2) is 19.1 Å². The third kappa shape index (κ3) is 5.13. The number of carbonyl (C=O) groups excluding carboxylic acids is 1. The van der Waals surface area contributed by atoms with Gasteiger partial charge in [-0.25, -0.2) is 4.79 Å². The van der Waals surface area contributed by atoms with Crippen molar-refractivity contribution in [2.24, 2.45) is 0 Å². The third-order valence-electron chi connectivity index (χ3n) is 2.24. The normalized spacial score (nSPS) is 11.7. The number of hydrogen-bond acceptors (Lipinski definition) is 3. The molecule has 7 heteroatoms. The lowest BCUT2D eigenvalue weighted by Crippen LogP contribution is -2.08. The number of benzene rings is 1. The van der Waals surface area contributed by atoms with Gasteiger partial charge in [-0.2, -0.15) is 13.2 Å². The molecule has 0 saturated heterocycles. The lowest BCUT2D eigenvalue weighted by atomic mass is 10.2. The van der Waals surface area contributed by atoms with Gasteiger partial charge in [0.15, 0.2) is 0 Å². The highest BCUT2D eigenvalue weighted by molar-refractivity contribution is 6.31. The van der Waals surface area contributed by atoms with Gasteiger partial charge in [0.25, 0.3) is 0 Å². The first-order chi connectivity index (χ1) is 9.34. The van der Waals surface area contributed by atoms with E-state index in [9.17, 15) is 18.0 Å². The van der Waals surface area contributed by atoms with Crippen molar-refractivity contribution in [3.05, 3.63) is 40.9 Å². The average molecular weight is 308 g/mol. The van der Waals surface area contributed by atoms with E-state index in [4.69, 9.17) is 11.6 Å². The molecule has 0 fully saturated rings. The fraction of sp³-hybridized carbons (Fsp3) is 0.308. The van der Waals surface area contributed by atoms with Crippen LogP contribution >= 0.6 is 11.6 Å². The van der Waals surface area contributed by atoms with Gasteiger partial charge in [0.1, 0.15) is 0 Å². The maximum absolute atomic E-state index is 12.6. The van der Waals surface area contributed by atoms with E-state index >= 15 is 0 Å². The molecule has 0 aromatic heterocycles. The summed E-state index contributed by atoms with van der Waals surface area (Å²) in [7, 11) is 0. The number of anilines is 1. The Balaban J connectivity index is 2.64. The zero-order chi connectivity index (χ0) is 15.2. The molecule has 3 nitrogen and oxygen atoms in total. The summed E-state index contributed by atoms with van der Waals surface area (Å²) in [6.45, 7) is 2.14. The molecule has 0 spiro atoms. The van der Waals surface area contributed by atoms with Crippen molar-refractivity contribution in [3.8, 4) is 0 Å². The number of carbonyl (C=O) groups is 1. The van der Waals surface area contributed by atoms with Gasteiger partial charge in [-0.05, 0) is 25.1 Å². The van der Waals surface area contributed by atoms with Crippen molar-refractivity contribution in [2.45, 2.75) is 13.1 Å². The zero-order valence-electron chi connectivity index (χ0n) is 10.6. The van der Waals surface area contributed by atoms with Crippen LogP contribution in [0.4, 0.5) is 18.9 Å². The summed E-state index contributed by atoms with van der Waals surface area (Å²) >= 11 is 5.50. The fourth-order valence-corrected chi connectivity index (χ4v) is 1.60. The van der Waals surface area contributed by atoms with Crippen LogP contribution in [0.1, 0.15) is 12.5 Å². The molecular formula is C13H13ClF3NO2. The Morgan fingerprint density at radius 1 is 1.45 bits per heavy atom. The summed E-state index contributed by atoms with van der Waals surface area (Å²) in [5, 5.41) is 2.37. The van der Waals surface area contributed by atoms with E-state index < -0.39 is 17.7 Å². The molecular weight excluding hydrogens is 295 g/mol. The highest BCUT2D eigenvalue weighted by atomic mass is 35.5. The first kappa shape index (κ1) is 16.4. The molecule has 1 rings (SSSR count). The van der Waals surface area contributed by atoms with Crippen molar-refractivity contribution in [1.29, 1.82) is 0 Å². The predicted octanol–water partition coefficient (Wildman–Crippen LogP) is 3.89. The number of alkyl halides is 3. The van der Waals surface area contributed by atoms with Gasteiger partial charge in [-0.1, -0.05) is 17.7 Å². The minimum Gasteiger partial charge on any atom is -0.463 e. The lowest BCUT2D eigenvalue weighted by Gasteiger charge is -2.11. The van der Waals surface area contributed by atoms with Crippen molar-refractivity contribution in [1.82, 2.24) is 0 Å². The molecule has 0 atom stereocenters. The molecule has 0 aliphatic heterocycles. The Morgan fingerprint density at radius 3 is 2.75 bits per heavy atom. The molecule has 0 unspecified atom stereocenters. The smallest absolute Gasteiger partial charge is 0.417 e. The highest BCUT2D eigenvalue weighted by Gasteiger charge is 2.33. The van der Waals surface area contributed by atoms with E-state index in [1.165, 1.54) is 24.3 Å². The molecule has 20 heavy (non-hydrogen) atoms. The number of rotatable bonds is 5. The Bertz CT molecular complexity index is 501. The molecule has 0 aliphatic rings. The monoisotopic (exact) mass is 307 g/mol. The van der Waals surface area contributed by atoms with E-state index in [0.29, 0.717) is 0 Å². The molecule has 0 amide bonds. The quantitative estimate of drug-likeness (QED) is 0.662. The van der Waals surface area contributed by atoms with Crippen LogP contribution in [0.3, 0.4) is 0 Å². The van der Waals surface area contributed by atoms with Crippen molar-refractivity contribution < 1.29 is 22.7 Å². The second kappa shape index (κ2) is 7.19. The molecule has 1 N–H and O–H groups in total. The minimum absolute atomic E-state index is 0.192. The van der Waals surface area contributed by atoms with Crippen LogP contribution in [0.15, 0.2) is 30.4 Å². The van der Waals surface area contributed by atoms with Crippen LogP contribution in [-0.2, 0) is 15.7 Å². The molecule has 110 valence electrons. The van der Waals surface area contributed by atoms with Crippen molar-refractivity contribution in [2.75, 3.05) is 18.5 Å². The molecule has 1 aromatic carbocycles. The van der Waals surface area contributed by atoms with Gasteiger partial charge in [0.05, 0.1) is 17.2 Å². The molecule has 1 aromatic rings. The van der Waals surface area contributed by atoms with Gasteiger partial charge < -0.3 is 10.1 Å². The first-order valence-electron chi connectivity index (χ1n) is 5.78. The van der Waals surface area contributed by atoms with Gasteiger partial charge >= 0.3 is 12.1 Å². The maximum Gasteiger partial charge on any atom is 0.417 e. The summed E-state index contributed by atoms with van der Waals surface area (Å²) in [6.07, 6.45) is -1.84. The number of hydrogen-bond donors (Lipinski definition) is 1. The molecule has 0 bridgehead atoms. The first-order valence-corrected chi connectivity index (χ1v) is 6.16. The van der Waals surface area contributed by atoms with E-state index in [2.05, 4.69) is 10.1 Å². The zero-order valence-corrected chi connectivity index (χ0v) is 11.4. The largest absolute Gasteiger partial charge is 0.463 e. The van der Waals surface area contributed by atoms with Crippen LogP contribution in [0, 0.1) is 0 Å². The summed E-state index contributed by atoms with van der Waals surface area (Å²) in [5.74, 6) is -0.499. The summed E-state index contributed by atoms with van der Waals surface area (Å²) in [6, 6.07) is 3.51. The molecule has 0 aliphatic carbocycles. The Kier molecular flexibility index (Phi) is 5.88. The Hall–Kier alpha value is -1.69. The fourth-order valence-electron chi connectivity index (χ4n) is 1.37. The molecule has 0 saturated carbocycles. The number of nitrogens with one attached hydrogen (secondary N) is 1. The van der Waals surface area contributed by atoms with Crippen LogP contribution in [0.5, 0.6) is 0 Å². The SMILES string of the molecule is CCOC(=O)/C=C/CNc1ccc(Cl)c(C(F)(F)F)c1. The van der Waals surface area contributed by atoms with Crippen LogP contribution in [0.25, 0.3) is 0 Å². The summed E-state index contributed by atoms with van der Waals surface area (Å²) < 4.78 is 42.5. The van der Waals surface area contributed by atoms with Gasteiger partial charge in [0, 0.05) is 18.3 Å². The number of esters is 1. The van der Waals surface area contributed by atoms with Gasteiger partial charge in [-0.15, -0.1) is 0 Å². The number of halogens is 4. The van der Waals surface area contributed by atoms with E-state index in [0.717, 1.165) is 6.07 Å². The van der Waals surface area contributed by atoms with Crippen LogP contribution < -0.4 is 5.32 Å². The molecule has 0 heterocycles. The topological polar surface area (TPSA) is 38.3 Å². The summed E-state index contributed by atoms with van der Waals surface area (Å²) in [4.78, 5) is 11.0. The van der Waals surface area contributed by atoms with Gasteiger partial charge in [-0.3, -0.25) is 0 Å². The Labute approximate surface area is 119 Å². The predicted molar refractivity (Wildman–Crippen MR) is 70.7 cm³/mol. The minimum atomic E-state index is -4.50. The second-order valence-electron chi connectivity index (χ2n) is 3.73. The lowest BCUT2D eigenvalue weighted by molar-refractivity contribution is -0.138. The Morgan fingerprint density at radius 2 is 2.15 bits per heavy atom. The third-order valence-corrected chi connectivity index (χ3v) is 2.57. The van der Waals surface area contributed by atoms with E-state index in [-0.39, 0.29) is 23.9 Å². The van der Waals surface area contributed by atoms with Crippen molar-refractivity contribution >= 4 is 23.3 Å². The van der Waals surface area contributed by atoms with Crippen LogP contribution in [0.2, 0.25) is 5.02 Å². The van der Waals surface area contributed by atoms with Crippen molar-refractivity contribution in [3.63, 3.8) is 0 Å². The maximum atomic E-state index is 12.6. The standard InChI is InChI=1S/C13H13ClF3NO2/c1-2-20-12(19)4-3-7-18-9-5-6-11(14)10(8-9)13(15,16)17/h3-6,8,18H,2,7H2,1H3/b4-3+. The van der Waals surface area contributed by atoms with E-state index in [1.54, 1.807) is 6.92 Å². The average Bonchev–Trinajstić information content (AvgIpc) is 2.35. The number of ether oxygens (including phenoxy) is 1. The molecule has 0 radical (unpaired) electrons.